The first kappa shape index (κ1) is 9.77. The van der Waals surface area contributed by atoms with Crippen molar-refractivity contribution in [3.05, 3.63) is 11.1 Å². The van der Waals surface area contributed by atoms with Crippen LogP contribution in [0.4, 0.5) is 0 Å². The molecule has 4 heteroatoms. The van der Waals surface area contributed by atoms with Gasteiger partial charge in [0.15, 0.2) is 0 Å². The summed E-state index contributed by atoms with van der Waals surface area (Å²) >= 11 is 0. The highest BCUT2D eigenvalue weighted by Gasteiger charge is 2.40. The summed E-state index contributed by atoms with van der Waals surface area (Å²) in [7, 11) is 0. The first-order chi connectivity index (χ1) is 5.86. The lowest BCUT2D eigenvalue weighted by molar-refractivity contribution is -0.137. The monoisotopic (exact) mass is 184 g/mol. The quantitative estimate of drug-likeness (QED) is 0.487. The van der Waals surface area contributed by atoms with Gasteiger partial charge in [-0.2, -0.15) is 0 Å². The van der Waals surface area contributed by atoms with E-state index >= 15 is 0 Å². The summed E-state index contributed by atoms with van der Waals surface area (Å²) in [6.07, 6.45) is 0. The van der Waals surface area contributed by atoms with E-state index in [1.807, 2.05) is 0 Å². The predicted molar refractivity (Wildman–Crippen MR) is 45.1 cm³/mol. The summed E-state index contributed by atoms with van der Waals surface area (Å²) in [6.45, 7) is 5.26. The molecule has 0 saturated carbocycles. The van der Waals surface area contributed by atoms with Gasteiger partial charge in [0, 0.05) is 11.0 Å². The van der Waals surface area contributed by atoms with Gasteiger partial charge in [-0.15, -0.1) is 0 Å². The van der Waals surface area contributed by atoms with Gasteiger partial charge in [0.05, 0.1) is 5.57 Å². The van der Waals surface area contributed by atoms with Crippen LogP contribution in [0.15, 0.2) is 11.1 Å². The van der Waals surface area contributed by atoms with Crippen LogP contribution in [-0.4, -0.2) is 23.7 Å². The predicted octanol–water partition coefficient (Wildman–Crippen LogP) is 0.970. The number of carbonyl (C=O) groups excluding carboxylic acids is 1. The van der Waals surface area contributed by atoms with Crippen molar-refractivity contribution in [2.24, 2.45) is 5.41 Å². The Hall–Kier alpha value is -1.32. The number of carboxylic acids is 1. The molecule has 0 spiro atoms. The summed E-state index contributed by atoms with van der Waals surface area (Å²) < 4.78 is 4.79. The van der Waals surface area contributed by atoms with Crippen molar-refractivity contribution in [2.45, 2.75) is 20.8 Å². The van der Waals surface area contributed by atoms with Crippen LogP contribution < -0.4 is 0 Å². The summed E-state index contributed by atoms with van der Waals surface area (Å²) in [5.74, 6) is -1.58. The minimum absolute atomic E-state index is 0.0764. The number of aliphatic carboxylic acids is 1. The normalized spacial score (nSPS) is 24.1. The molecule has 0 aromatic carbocycles. The van der Waals surface area contributed by atoms with Gasteiger partial charge in [-0.3, -0.25) is 0 Å². The second-order valence-electron chi connectivity index (χ2n) is 3.77. The van der Waals surface area contributed by atoms with E-state index in [0.717, 1.165) is 0 Å². The fourth-order valence-corrected chi connectivity index (χ4v) is 1.43. The third kappa shape index (κ3) is 1.56. The molecular formula is C9H12O4. The summed E-state index contributed by atoms with van der Waals surface area (Å²) in [5.41, 5.74) is -0.132. The van der Waals surface area contributed by atoms with E-state index in [2.05, 4.69) is 0 Å². The van der Waals surface area contributed by atoms with Gasteiger partial charge in [0.1, 0.15) is 6.61 Å². The van der Waals surface area contributed by atoms with Gasteiger partial charge in [-0.25, -0.2) is 9.59 Å². The summed E-state index contributed by atoms with van der Waals surface area (Å²) in [5, 5.41) is 8.73. The molecule has 1 aliphatic rings. The van der Waals surface area contributed by atoms with Crippen LogP contribution in [0.1, 0.15) is 20.8 Å². The number of rotatable bonds is 1. The highest BCUT2D eigenvalue weighted by molar-refractivity contribution is 6.01. The lowest BCUT2D eigenvalue weighted by Gasteiger charge is -2.15. The smallest absolute Gasteiger partial charge is 0.335 e. The molecule has 1 heterocycles. The number of ether oxygens (including phenoxy) is 1. The van der Waals surface area contributed by atoms with Crippen LogP contribution in [0.3, 0.4) is 0 Å². The second kappa shape index (κ2) is 2.87. The molecule has 13 heavy (non-hydrogen) atoms. The van der Waals surface area contributed by atoms with Gasteiger partial charge in [0.25, 0.3) is 0 Å². The minimum atomic E-state index is -1.07. The fraction of sp³-hybridized carbons (Fsp3) is 0.556. The van der Waals surface area contributed by atoms with Crippen molar-refractivity contribution >= 4 is 11.9 Å². The van der Waals surface area contributed by atoms with Crippen LogP contribution in [0.5, 0.6) is 0 Å². The lowest BCUT2D eigenvalue weighted by atomic mass is 9.84. The Morgan fingerprint density at radius 2 is 2.08 bits per heavy atom. The standard InChI is InChI=1S/C9H12O4/c1-5(7(10)11)6-8(12)13-4-9(6,2)3/h4H2,1-3H3,(H,10,11)/b6-5+. The number of carbonyl (C=O) groups is 2. The molecule has 0 amide bonds. The molecule has 0 atom stereocenters. The van der Waals surface area contributed by atoms with E-state index in [1.165, 1.54) is 6.92 Å². The molecule has 0 bridgehead atoms. The topological polar surface area (TPSA) is 63.6 Å². The van der Waals surface area contributed by atoms with E-state index in [4.69, 9.17) is 9.84 Å². The Morgan fingerprint density at radius 3 is 2.38 bits per heavy atom. The van der Waals surface area contributed by atoms with Crippen LogP contribution in [0.25, 0.3) is 0 Å². The van der Waals surface area contributed by atoms with Crippen LogP contribution in [-0.2, 0) is 14.3 Å². The number of hydrogen-bond acceptors (Lipinski definition) is 3. The number of esters is 1. The van der Waals surface area contributed by atoms with E-state index in [-0.39, 0.29) is 17.8 Å². The fourth-order valence-electron chi connectivity index (χ4n) is 1.43. The van der Waals surface area contributed by atoms with Crippen molar-refractivity contribution in [3.63, 3.8) is 0 Å². The molecule has 0 aromatic rings. The Balaban J connectivity index is 3.21. The highest BCUT2D eigenvalue weighted by Crippen LogP contribution is 2.35. The molecule has 0 unspecified atom stereocenters. The van der Waals surface area contributed by atoms with E-state index in [1.54, 1.807) is 13.8 Å². The Labute approximate surface area is 76.2 Å². The molecule has 0 aliphatic carbocycles. The Bertz CT molecular complexity index is 299. The molecule has 4 nitrogen and oxygen atoms in total. The molecule has 1 rings (SSSR count). The first-order valence-electron chi connectivity index (χ1n) is 3.98. The molecule has 0 aromatic heterocycles. The van der Waals surface area contributed by atoms with E-state index in [9.17, 15) is 9.59 Å². The van der Waals surface area contributed by atoms with E-state index < -0.39 is 17.4 Å². The van der Waals surface area contributed by atoms with Crippen molar-refractivity contribution in [1.82, 2.24) is 0 Å². The van der Waals surface area contributed by atoms with Crippen molar-refractivity contribution in [1.29, 1.82) is 0 Å². The SMILES string of the molecule is C/C(C(=O)O)=C1/C(=O)OCC1(C)C. The molecule has 1 N–H and O–H groups in total. The second-order valence-corrected chi connectivity index (χ2v) is 3.77. The Morgan fingerprint density at radius 1 is 1.54 bits per heavy atom. The molecule has 1 saturated heterocycles. The van der Waals surface area contributed by atoms with Crippen LogP contribution in [0.2, 0.25) is 0 Å². The Kier molecular flexibility index (Phi) is 2.15. The molecular weight excluding hydrogens is 172 g/mol. The van der Waals surface area contributed by atoms with Gasteiger partial charge in [-0.1, -0.05) is 13.8 Å². The maximum absolute atomic E-state index is 11.2. The zero-order valence-corrected chi connectivity index (χ0v) is 7.88. The van der Waals surface area contributed by atoms with Crippen LogP contribution >= 0.6 is 0 Å². The van der Waals surface area contributed by atoms with Crippen LogP contribution in [0, 0.1) is 5.41 Å². The summed E-state index contributed by atoms with van der Waals surface area (Å²) in [6, 6.07) is 0. The van der Waals surface area contributed by atoms with Gasteiger partial charge in [-0.05, 0) is 6.92 Å². The van der Waals surface area contributed by atoms with E-state index in [0.29, 0.717) is 0 Å². The maximum atomic E-state index is 11.2. The maximum Gasteiger partial charge on any atom is 0.335 e. The first-order valence-corrected chi connectivity index (χ1v) is 3.98. The summed E-state index contributed by atoms with van der Waals surface area (Å²) in [4.78, 5) is 21.8. The van der Waals surface area contributed by atoms with Crippen molar-refractivity contribution in [3.8, 4) is 0 Å². The minimum Gasteiger partial charge on any atom is -0.478 e. The van der Waals surface area contributed by atoms with Gasteiger partial charge in [0.2, 0.25) is 0 Å². The number of cyclic esters (lactones) is 1. The largest absolute Gasteiger partial charge is 0.478 e. The third-order valence-corrected chi connectivity index (χ3v) is 2.14. The number of hydrogen-bond donors (Lipinski definition) is 1. The van der Waals surface area contributed by atoms with Crippen molar-refractivity contribution in [2.75, 3.05) is 6.61 Å². The average molecular weight is 184 g/mol. The molecule has 1 fully saturated rings. The average Bonchev–Trinajstić information content (AvgIpc) is 2.25. The van der Waals surface area contributed by atoms with Gasteiger partial charge >= 0.3 is 11.9 Å². The highest BCUT2D eigenvalue weighted by atomic mass is 16.5. The lowest BCUT2D eigenvalue weighted by Crippen LogP contribution is -2.18. The molecule has 72 valence electrons. The van der Waals surface area contributed by atoms with Gasteiger partial charge < -0.3 is 9.84 Å². The molecule has 1 aliphatic heterocycles. The zero-order chi connectivity index (χ0) is 10.2. The number of carboxylic acid groups (broad SMARTS) is 1. The zero-order valence-electron chi connectivity index (χ0n) is 7.88. The van der Waals surface area contributed by atoms with Crippen molar-refractivity contribution < 1.29 is 19.4 Å². The third-order valence-electron chi connectivity index (χ3n) is 2.14. The molecule has 0 radical (unpaired) electrons.